The number of hydrogen-bond acceptors (Lipinski definition) is 3. The van der Waals surface area contributed by atoms with Gasteiger partial charge in [-0.2, -0.15) is 0 Å². The summed E-state index contributed by atoms with van der Waals surface area (Å²) >= 11 is 0. The first-order valence-corrected chi connectivity index (χ1v) is 7.83. The molecule has 1 unspecified atom stereocenters. The normalized spacial score (nSPS) is 23.2. The summed E-state index contributed by atoms with van der Waals surface area (Å²) in [5.41, 5.74) is -0.652. The molecular weight excluding hydrogens is 270 g/mol. The van der Waals surface area contributed by atoms with Gasteiger partial charge in [0, 0.05) is 33.7 Å². The molecule has 4 nitrogen and oxygen atoms in total. The molecule has 1 aliphatic heterocycles. The summed E-state index contributed by atoms with van der Waals surface area (Å²) in [5, 5.41) is 0. The lowest BCUT2D eigenvalue weighted by Crippen LogP contribution is -2.39. The highest BCUT2D eigenvalue weighted by molar-refractivity contribution is 6.92. The maximum Gasteiger partial charge on any atom is 0.410 e. The Balaban J connectivity index is 2.77. The van der Waals surface area contributed by atoms with E-state index in [1.165, 1.54) is 4.90 Å². The molecule has 5 heteroatoms. The van der Waals surface area contributed by atoms with Gasteiger partial charge < -0.3 is 14.4 Å². The molecule has 0 aliphatic carbocycles. The van der Waals surface area contributed by atoms with Gasteiger partial charge in [-0.3, -0.25) is 0 Å². The fraction of sp³-hybridized carbons (Fsp3) is 0.333. The molecule has 100 valence electrons. The fourth-order valence-corrected chi connectivity index (χ4v) is 2.05. The molecule has 1 saturated heterocycles. The first-order chi connectivity index (χ1) is 8.96. The lowest BCUT2D eigenvalue weighted by atomic mass is 10.1. The molecule has 1 heterocycles. The van der Waals surface area contributed by atoms with Crippen LogP contribution in [-0.4, -0.2) is 43.4 Å². The third kappa shape index (κ3) is 5.18. The van der Waals surface area contributed by atoms with Crippen molar-refractivity contribution in [2.75, 3.05) is 13.1 Å². The van der Waals surface area contributed by atoms with Crippen LogP contribution in [0.3, 0.4) is 0 Å². The number of ether oxygens (including phenoxy) is 2. The number of nitrogens with zero attached hydrogens (tertiary/aromatic N) is 1. The Morgan fingerprint density at radius 2 is 1.90 bits per heavy atom. The lowest BCUT2D eigenvalue weighted by molar-refractivity contribution is 0.0520. The van der Waals surface area contributed by atoms with Gasteiger partial charge in [0.05, 0.1) is 6.54 Å². The summed E-state index contributed by atoms with van der Waals surface area (Å²) in [6.45, 7) is 32.2. The molecule has 1 atom stereocenters. The van der Waals surface area contributed by atoms with Crippen LogP contribution in [0.5, 0.6) is 0 Å². The number of hydrogen-bond donors (Lipinski definition) is 0. The van der Waals surface area contributed by atoms with E-state index >= 15 is 0 Å². The Bertz CT molecular complexity index is 425. The van der Waals surface area contributed by atoms with Gasteiger partial charge in [-0.05, 0) is 19.6 Å². The van der Waals surface area contributed by atoms with Crippen molar-refractivity contribution in [3.8, 4) is 11.5 Å². The summed E-state index contributed by atoms with van der Waals surface area (Å²) in [7, 11) is 2.16. The van der Waals surface area contributed by atoms with Crippen molar-refractivity contribution in [2.24, 2.45) is 0 Å². The molecule has 14 radical (unpaired) electrons. The predicted octanol–water partition coefficient (Wildman–Crippen LogP) is 0.867. The zero-order chi connectivity index (χ0) is 15.6. The highest BCUT2D eigenvalue weighted by atomic mass is 28.3. The number of likely N-dealkylation sites (tertiary alicyclic amines) is 1. The summed E-state index contributed by atoms with van der Waals surface area (Å²) in [4.78, 5) is 13.0. The van der Waals surface area contributed by atoms with Crippen molar-refractivity contribution in [1.29, 1.82) is 0 Å². The molecule has 1 amide bonds. The molecule has 1 aliphatic rings. The van der Waals surface area contributed by atoms with Crippen molar-refractivity contribution in [3.05, 3.63) is 47.5 Å². The fourth-order valence-electron chi connectivity index (χ4n) is 1.60. The standard InChI is InChI=1S/C15H13NO3Si/c1-14(2,3)19-13(17)16-10-8-15(12-16,18-4)9-11-20(5,6)7/h1-7H,8,10,12H2. The van der Waals surface area contributed by atoms with E-state index in [0.717, 1.165) is 0 Å². The summed E-state index contributed by atoms with van der Waals surface area (Å²) in [6.07, 6.45) is -0.488. The lowest BCUT2D eigenvalue weighted by Gasteiger charge is -2.25. The molecule has 0 aromatic rings. The summed E-state index contributed by atoms with van der Waals surface area (Å²) in [5.74, 6) is 2.68. The van der Waals surface area contributed by atoms with Crippen LogP contribution >= 0.6 is 0 Å². The Labute approximate surface area is 123 Å². The van der Waals surface area contributed by atoms with E-state index in [1.807, 2.05) is 0 Å². The minimum Gasteiger partial charge on any atom is -0.442 e. The highest BCUT2D eigenvalue weighted by Crippen LogP contribution is 2.26. The molecule has 1 rings (SSSR count). The van der Waals surface area contributed by atoms with Gasteiger partial charge in [-0.25, -0.2) is 4.79 Å². The Morgan fingerprint density at radius 1 is 1.30 bits per heavy atom. The SMILES string of the molecule is [CH]OC1(C#C[Si]([CH])([CH])[CH])CCN(C(=O)OC([CH])([CH])[CH])C1. The average molecular weight is 283 g/mol. The van der Waals surface area contributed by atoms with Gasteiger partial charge in [0.2, 0.25) is 0 Å². The van der Waals surface area contributed by atoms with Crippen LogP contribution in [0.25, 0.3) is 0 Å². The molecule has 0 saturated carbocycles. The topological polar surface area (TPSA) is 38.8 Å². The molecule has 1 fully saturated rings. The minimum atomic E-state index is -3.07. The van der Waals surface area contributed by atoms with Crippen molar-refractivity contribution in [2.45, 2.75) is 17.6 Å². The molecule has 0 N–H and O–H groups in total. The minimum absolute atomic E-state index is 0.0237. The van der Waals surface area contributed by atoms with Crippen LogP contribution in [0.15, 0.2) is 0 Å². The van der Waals surface area contributed by atoms with Gasteiger partial charge in [0.25, 0.3) is 0 Å². The molecular formula is C15H13NO3Si. The second kappa shape index (κ2) is 5.78. The van der Waals surface area contributed by atoms with Crippen LogP contribution < -0.4 is 0 Å². The van der Waals surface area contributed by atoms with Crippen molar-refractivity contribution in [1.82, 2.24) is 4.90 Å². The smallest absolute Gasteiger partial charge is 0.410 e. The molecule has 0 bridgehead atoms. The van der Waals surface area contributed by atoms with Crippen molar-refractivity contribution >= 4 is 14.2 Å². The Morgan fingerprint density at radius 3 is 2.35 bits per heavy atom. The van der Waals surface area contributed by atoms with Crippen LogP contribution in [-0.2, 0) is 9.47 Å². The average Bonchev–Trinajstić information content (AvgIpc) is 2.68. The van der Waals surface area contributed by atoms with Gasteiger partial charge >= 0.3 is 6.09 Å². The van der Waals surface area contributed by atoms with E-state index in [-0.39, 0.29) is 13.1 Å². The Kier molecular flexibility index (Phi) is 4.93. The monoisotopic (exact) mass is 283 g/mol. The third-order valence-electron chi connectivity index (χ3n) is 2.49. The van der Waals surface area contributed by atoms with Crippen LogP contribution in [0.4, 0.5) is 4.79 Å². The first kappa shape index (κ1) is 17.1. The number of rotatable bonds is 2. The molecule has 0 spiro atoms. The number of carbonyl (C=O) groups is 1. The van der Waals surface area contributed by atoms with Crippen LogP contribution in [0.1, 0.15) is 6.42 Å². The van der Waals surface area contributed by atoms with Crippen LogP contribution in [0.2, 0.25) is 0 Å². The van der Waals surface area contributed by atoms with Gasteiger partial charge in [-0.15, -0.1) is 5.54 Å². The summed E-state index contributed by atoms with van der Waals surface area (Å²) < 4.78 is 9.46. The van der Waals surface area contributed by atoms with Crippen LogP contribution in [0, 0.1) is 59.0 Å². The Hall–Kier alpha value is -0.993. The van der Waals surface area contributed by atoms with E-state index in [0.29, 0.717) is 6.42 Å². The van der Waals surface area contributed by atoms with E-state index in [1.54, 1.807) is 0 Å². The van der Waals surface area contributed by atoms with Gasteiger partial charge in [0.1, 0.15) is 26.4 Å². The van der Waals surface area contributed by atoms with Gasteiger partial charge in [0.15, 0.2) is 0 Å². The molecule has 20 heavy (non-hydrogen) atoms. The van der Waals surface area contributed by atoms with E-state index in [9.17, 15) is 4.79 Å². The van der Waals surface area contributed by atoms with E-state index in [4.69, 9.17) is 52.3 Å². The number of carbonyl (C=O) groups excluding carboxylic acids is 1. The third-order valence-corrected chi connectivity index (χ3v) is 3.04. The zero-order valence-electron chi connectivity index (χ0n) is 10.8. The second-order valence-corrected chi connectivity index (χ2v) is 6.80. The number of amides is 1. The summed E-state index contributed by atoms with van der Waals surface area (Å²) in [6, 6.07) is 0. The van der Waals surface area contributed by atoms with E-state index in [2.05, 4.69) is 16.2 Å². The highest BCUT2D eigenvalue weighted by Gasteiger charge is 2.40. The predicted molar refractivity (Wildman–Crippen MR) is 72.8 cm³/mol. The quantitative estimate of drug-likeness (QED) is 0.557. The first-order valence-electron chi connectivity index (χ1n) is 5.60. The zero-order valence-corrected chi connectivity index (χ0v) is 11.8. The second-order valence-electron chi connectivity index (χ2n) is 4.69. The maximum absolute atomic E-state index is 11.7. The van der Waals surface area contributed by atoms with Crippen molar-refractivity contribution in [3.63, 3.8) is 0 Å². The maximum atomic E-state index is 11.7. The largest absolute Gasteiger partial charge is 0.442 e. The molecule has 0 aromatic carbocycles. The van der Waals surface area contributed by atoms with E-state index < -0.39 is 25.4 Å². The molecule has 0 aromatic heterocycles. The van der Waals surface area contributed by atoms with Crippen molar-refractivity contribution < 1.29 is 14.3 Å². The van der Waals surface area contributed by atoms with Gasteiger partial charge in [-0.1, -0.05) is 5.92 Å².